The number of methoxy groups -OCH3 is 1. The van der Waals surface area contributed by atoms with Crippen molar-refractivity contribution in [1.82, 2.24) is 0 Å². The van der Waals surface area contributed by atoms with Gasteiger partial charge in [0.05, 0.1) is 23.3 Å². The molecule has 0 fully saturated rings. The molecule has 0 amide bonds. The second-order valence-corrected chi connectivity index (χ2v) is 6.85. The van der Waals surface area contributed by atoms with Crippen LogP contribution in [0.4, 0.5) is 5.69 Å². The average Bonchev–Trinajstić information content (AvgIpc) is 3.11. The van der Waals surface area contributed by atoms with E-state index in [-0.39, 0.29) is 5.97 Å². The number of hydrogen-bond donors (Lipinski definition) is 1. The van der Waals surface area contributed by atoms with E-state index in [0.29, 0.717) is 33.4 Å². The van der Waals surface area contributed by atoms with E-state index in [2.05, 4.69) is 5.32 Å². The van der Waals surface area contributed by atoms with Crippen LogP contribution in [0.25, 0.3) is 0 Å². The molecule has 5 nitrogen and oxygen atoms in total. The zero-order valence-electron chi connectivity index (χ0n) is 14.0. The summed E-state index contributed by atoms with van der Waals surface area (Å²) in [5, 5.41) is 3.57. The van der Waals surface area contributed by atoms with E-state index in [1.54, 1.807) is 60.3 Å². The van der Waals surface area contributed by atoms with Gasteiger partial charge in [0.2, 0.25) is 0 Å². The molecule has 0 atom stereocenters. The Morgan fingerprint density at radius 3 is 2.46 bits per heavy atom. The van der Waals surface area contributed by atoms with E-state index in [1.165, 1.54) is 7.11 Å². The van der Waals surface area contributed by atoms with Gasteiger partial charge in [0.25, 0.3) is 0 Å². The number of carbonyl (C=O) groups excluding carboxylic acids is 2. The van der Waals surface area contributed by atoms with Crippen molar-refractivity contribution in [2.45, 2.75) is 0 Å². The Labute approximate surface area is 160 Å². The number of anilines is 1. The van der Waals surface area contributed by atoms with Gasteiger partial charge in [-0.1, -0.05) is 23.7 Å². The number of halogens is 1. The first kappa shape index (κ1) is 18.4. The summed E-state index contributed by atoms with van der Waals surface area (Å²) in [6.07, 6.45) is 0. The smallest absolute Gasteiger partial charge is 0.345 e. The van der Waals surface area contributed by atoms with E-state index >= 15 is 0 Å². The van der Waals surface area contributed by atoms with Crippen LogP contribution < -0.4 is 10.1 Å². The third kappa shape index (κ3) is 4.20. The van der Waals surface area contributed by atoms with Gasteiger partial charge in [-0.25, -0.2) is 9.59 Å². The fourth-order valence-corrected chi connectivity index (χ4v) is 3.68. The molecule has 0 bridgehead atoms. The van der Waals surface area contributed by atoms with Crippen LogP contribution in [0.2, 0.25) is 5.02 Å². The fourth-order valence-electron chi connectivity index (χ4n) is 2.42. The summed E-state index contributed by atoms with van der Waals surface area (Å²) in [5.74, 6) is 0.918. The Hall–Kier alpha value is -2.44. The van der Waals surface area contributed by atoms with Gasteiger partial charge in [-0.15, -0.1) is 0 Å². The molecule has 0 unspecified atom stereocenters. The van der Waals surface area contributed by atoms with Crippen molar-refractivity contribution in [3.8, 4) is 5.75 Å². The molecule has 1 N–H and O–H groups in total. The molecule has 0 aromatic heterocycles. The van der Waals surface area contributed by atoms with Gasteiger partial charge in [-0.3, -0.25) is 0 Å². The normalized spacial score (nSPS) is 13.5. The SMILES string of the molecule is COC(=O)C1=C(Nc2ccc(OC(=O)c3ccccc3Cl)cc2)CSC1. The number of nitrogens with one attached hydrogen (secondary N) is 1. The van der Waals surface area contributed by atoms with Crippen molar-refractivity contribution in [3.63, 3.8) is 0 Å². The Morgan fingerprint density at radius 2 is 1.77 bits per heavy atom. The standard InChI is InChI=1S/C19H16ClNO4S/c1-24-18(22)15-10-26-11-17(15)21-12-6-8-13(9-7-12)25-19(23)14-4-2-3-5-16(14)20/h2-9,21H,10-11H2,1H3. The molecular weight excluding hydrogens is 374 g/mol. The first-order chi connectivity index (χ1) is 12.6. The molecule has 0 spiro atoms. The molecule has 7 heteroatoms. The van der Waals surface area contributed by atoms with Crippen LogP contribution in [0.5, 0.6) is 5.75 Å². The number of esters is 2. The first-order valence-corrected chi connectivity index (χ1v) is 9.33. The van der Waals surface area contributed by atoms with Crippen molar-refractivity contribution in [1.29, 1.82) is 0 Å². The Morgan fingerprint density at radius 1 is 1.04 bits per heavy atom. The number of ether oxygens (including phenoxy) is 2. The highest BCUT2D eigenvalue weighted by molar-refractivity contribution is 8.00. The van der Waals surface area contributed by atoms with E-state index in [1.807, 2.05) is 0 Å². The Balaban J connectivity index is 1.68. The zero-order chi connectivity index (χ0) is 18.5. The molecule has 1 aliphatic rings. The molecule has 0 saturated carbocycles. The van der Waals surface area contributed by atoms with Crippen LogP contribution in [0, 0.1) is 0 Å². The molecule has 2 aromatic rings. The Kier molecular flexibility index (Phi) is 5.85. The van der Waals surface area contributed by atoms with Gasteiger partial charge in [-0.05, 0) is 36.4 Å². The number of rotatable bonds is 5. The summed E-state index contributed by atoms with van der Waals surface area (Å²) in [7, 11) is 1.37. The lowest BCUT2D eigenvalue weighted by Gasteiger charge is -2.10. The van der Waals surface area contributed by atoms with Crippen LogP contribution in [-0.4, -0.2) is 30.6 Å². The molecule has 0 saturated heterocycles. The molecule has 26 heavy (non-hydrogen) atoms. The summed E-state index contributed by atoms with van der Waals surface area (Å²) in [6.45, 7) is 0. The van der Waals surface area contributed by atoms with Crippen LogP contribution >= 0.6 is 23.4 Å². The van der Waals surface area contributed by atoms with Gasteiger partial charge >= 0.3 is 11.9 Å². The highest BCUT2D eigenvalue weighted by Gasteiger charge is 2.22. The number of carbonyl (C=O) groups is 2. The van der Waals surface area contributed by atoms with E-state index in [4.69, 9.17) is 21.1 Å². The zero-order valence-corrected chi connectivity index (χ0v) is 15.5. The van der Waals surface area contributed by atoms with Gasteiger partial charge < -0.3 is 14.8 Å². The summed E-state index contributed by atoms with van der Waals surface area (Å²) < 4.78 is 10.1. The molecule has 3 rings (SSSR count). The predicted octanol–water partition coefficient (Wildman–Crippen LogP) is 4.15. The highest BCUT2D eigenvalue weighted by atomic mass is 35.5. The molecule has 1 aliphatic heterocycles. The number of hydrogen-bond acceptors (Lipinski definition) is 6. The van der Waals surface area contributed by atoms with Gasteiger partial charge in [0, 0.05) is 22.9 Å². The number of benzene rings is 2. The van der Waals surface area contributed by atoms with E-state index in [9.17, 15) is 9.59 Å². The van der Waals surface area contributed by atoms with Crippen LogP contribution in [0.3, 0.4) is 0 Å². The van der Waals surface area contributed by atoms with Crippen molar-refractivity contribution >= 4 is 41.0 Å². The summed E-state index contributed by atoms with van der Waals surface area (Å²) in [4.78, 5) is 23.9. The quantitative estimate of drug-likeness (QED) is 0.612. The minimum Gasteiger partial charge on any atom is -0.466 e. The Bertz CT molecular complexity index is 864. The van der Waals surface area contributed by atoms with E-state index in [0.717, 1.165) is 11.4 Å². The van der Waals surface area contributed by atoms with Crippen molar-refractivity contribution < 1.29 is 19.1 Å². The molecule has 1 heterocycles. The molecule has 134 valence electrons. The lowest BCUT2D eigenvalue weighted by atomic mass is 10.2. The second-order valence-electron chi connectivity index (χ2n) is 5.46. The fraction of sp³-hybridized carbons (Fsp3) is 0.158. The second kappa shape index (κ2) is 8.29. The van der Waals surface area contributed by atoms with Crippen molar-refractivity contribution in [2.75, 3.05) is 23.9 Å². The van der Waals surface area contributed by atoms with Crippen molar-refractivity contribution in [3.05, 3.63) is 70.4 Å². The summed E-state index contributed by atoms with van der Waals surface area (Å²) >= 11 is 7.65. The maximum absolute atomic E-state index is 12.2. The van der Waals surface area contributed by atoms with Gasteiger partial charge in [0.15, 0.2) is 0 Å². The lowest BCUT2D eigenvalue weighted by Crippen LogP contribution is -2.11. The summed E-state index contributed by atoms with van der Waals surface area (Å²) in [6, 6.07) is 13.6. The predicted molar refractivity (Wildman–Crippen MR) is 103 cm³/mol. The average molecular weight is 390 g/mol. The molecule has 2 aromatic carbocycles. The van der Waals surface area contributed by atoms with Crippen molar-refractivity contribution in [2.24, 2.45) is 0 Å². The third-order valence-electron chi connectivity index (χ3n) is 3.74. The largest absolute Gasteiger partial charge is 0.466 e. The first-order valence-electron chi connectivity index (χ1n) is 7.80. The van der Waals surface area contributed by atoms with Gasteiger partial charge in [0.1, 0.15) is 5.75 Å². The maximum Gasteiger partial charge on any atom is 0.345 e. The summed E-state index contributed by atoms with van der Waals surface area (Å²) in [5.41, 5.74) is 2.59. The minimum atomic E-state index is -0.515. The number of thioether (sulfide) groups is 1. The molecule has 0 aliphatic carbocycles. The monoisotopic (exact) mass is 389 g/mol. The molecule has 0 radical (unpaired) electrons. The molecular formula is C19H16ClNO4S. The van der Waals surface area contributed by atoms with Crippen LogP contribution in [0.1, 0.15) is 10.4 Å². The van der Waals surface area contributed by atoms with Gasteiger partial charge in [-0.2, -0.15) is 11.8 Å². The highest BCUT2D eigenvalue weighted by Crippen LogP contribution is 2.28. The lowest BCUT2D eigenvalue weighted by molar-refractivity contribution is -0.136. The third-order valence-corrected chi connectivity index (χ3v) is 5.06. The van der Waals surface area contributed by atoms with Crippen LogP contribution in [0.15, 0.2) is 59.8 Å². The van der Waals surface area contributed by atoms with E-state index < -0.39 is 5.97 Å². The van der Waals surface area contributed by atoms with Crippen LogP contribution in [-0.2, 0) is 9.53 Å². The maximum atomic E-state index is 12.2. The minimum absolute atomic E-state index is 0.312. The topological polar surface area (TPSA) is 64.6 Å².